The first-order valence-electron chi connectivity index (χ1n) is 7.80. The van der Waals surface area contributed by atoms with Crippen molar-refractivity contribution in [1.82, 2.24) is 19.9 Å². The van der Waals surface area contributed by atoms with Crippen LogP contribution in [0.5, 0.6) is 0 Å². The van der Waals surface area contributed by atoms with Crippen LogP contribution < -0.4 is 4.90 Å². The van der Waals surface area contributed by atoms with Gasteiger partial charge in [0.2, 0.25) is 0 Å². The van der Waals surface area contributed by atoms with Crippen LogP contribution in [0.1, 0.15) is 32.2 Å². The summed E-state index contributed by atoms with van der Waals surface area (Å²) in [5, 5.41) is 0.907. The molecule has 2 aromatic heterocycles. The summed E-state index contributed by atoms with van der Waals surface area (Å²) < 4.78 is 5.87. The molecule has 1 unspecified atom stereocenters. The lowest BCUT2D eigenvalue weighted by atomic mass is 10.2. The van der Waals surface area contributed by atoms with Gasteiger partial charge in [0, 0.05) is 33.0 Å². The third-order valence-corrected chi connectivity index (χ3v) is 4.95. The largest absolute Gasteiger partial charge is 0.368 e. The minimum absolute atomic E-state index is 0.0155. The van der Waals surface area contributed by atoms with Gasteiger partial charge < -0.3 is 14.5 Å². The van der Waals surface area contributed by atoms with Gasteiger partial charge in [-0.15, -0.1) is 11.3 Å². The molecule has 1 aliphatic rings. The fourth-order valence-corrected chi connectivity index (χ4v) is 3.67. The predicted octanol–water partition coefficient (Wildman–Crippen LogP) is 1.83. The van der Waals surface area contributed by atoms with E-state index in [0.29, 0.717) is 24.6 Å². The van der Waals surface area contributed by atoms with E-state index in [-0.39, 0.29) is 12.0 Å². The lowest BCUT2D eigenvalue weighted by Gasteiger charge is -2.33. The maximum absolute atomic E-state index is 12.8. The third-order valence-electron chi connectivity index (χ3n) is 3.89. The highest BCUT2D eigenvalue weighted by atomic mass is 32.1. The van der Waals surface area contributed by atoms with E-state index in [2.05, 4.69) is 15.0 Å². The Kier molecular flexibility index (Phi) is 4.77. The number of aryl methyl sites for hydroxylation is 2. The van der Waals surface area contributed by atoms with Gasteiger partial charge >= 0.3 is 0 Å². The van der Waals surface area contributed by atoms with Crippen LogP contribution in [-0.2, 0) is 4.74 Å². The number of carbonyl (C=O) groups is 1. The number of anilines is 1. The molecular weight excluding hydrogens is 326 g/mol. The van der Waals surface area contributed by atoms with Crippen LogP contribution in [0.3, 0.4) is 0 Å². The Labute approximate surface area is 145 Å². The molecule has 3 rings (SSSR count). The number of amides is 1. The number of hydrogen-bond acceptors (Lipinski definition) is 7. The normalized spacial score (nSPS) is 17.8. The first kappa shape index (κ1) is 16.8. The fraction of sp³-hybridized carbons (Fsp3) is 0.500. The Morgan fingerprint density at radius 2 is 2.08 bits per heavy atom. The Hall–Kier alpha value is -2.06. The summed E-state index contributed by atoms with van der Waals surface area (Å²) in [5.74, 6) is 0.781. The van der Waals surface area contributed by atoms with Gasteiger partial charge in [0.1, 0.15) is 16.7 Å². The van der Waals surface area contributed by atoms with Crippen molar-refractivity contribution in [3.8, 4) is 0 Å². The van der Waals surface area contributed by atoms with E-state index in [4.69, 9.17) is 4.74 Å². The van der Waals surface area contributed by atoms with E-state index in [0.717, 1.165) is 22.2 Å². The van der Waals surface area contributed by atoms with Crippen molar-refractivity contribution in [2.45, 2.75) is 20.0 Å². The van der Waals surface area contributed by atoms with Crippen LogP contribution >= 0.6 is 11.3 Å². The second kappa shape index (κ2) is 6.82. The molecule has 8 heteroatoms. The van der Waals surface area contributed by atoms with Crippen molar-refractivity contribution in [1.29, 1.82) is 0 Å². The summed E-state index contributed by atoms with van der Waals surface area (Å²) in [7, 11) is 3.84. The van der Waals surface area contributed by atoms with E-state index in [1.165, 1.54) is 11.3 Å². The summed E-state index contributed by atoms with van der Waals surface area (Å²) in [6.07, 6.45) is 3.04. The molecular formula is C16H21N5O2S. The molecule has 0 saturated carbocycles. The van der Waals surface area contributed by atoms with Crippen LogP contribution in [-0.4, -0.2) is 59.6 Å². The van der Waals surface area contributed by atoms with Crippen LogP contribution in [0.4, 0.5) is 5.82 Å². The number of aromatic nitrogens is 3. The highest BCUT2D eigenvalue weighted by Gasteiger charge is 2.30. The van der Waals surface area contributed by atoms with Gasteiger partial charge in [-0.25, -0.2) is 9.97 Å². The van der Waals surface area contributed by atoms with Crippen molar-refractivity contribution in [3.63, 3.8) is 0 Å². The minimum atomic E-state index is -0.275. The average molecular weight is 347 g/mol. The molecule has 1 aliphatic heterocycles. The van der Waals surface area contributed by atoms with Crippen molar-refractivity contribution in [3.05, 3.63) is 33.7 Å². The van der Waals surface area contributed by atoms with Crippen molar-refractivity contribution < 1.29 is 9.53 Å². The number of ether oxygens (including phenoxy) is 1. The summed E-state index contributed by atoms with van der Waals surface area (Å²) in [5.41, 5.74) is 1.55. The zero-order valence-electron chi connectivity index (χ0n) is 14.3. The third kappa shape index (κ3) is 3.25. The maximum Gasteiger partial charge on any atom is 0.266 e. The number of morpholine rings is 1. The smallest absolute Gasteiger partial charge is 0.266 e. The second-order valence-corrected chi connectivity index (χ2v) is 7.12. The lowest BCUT2D eigenvalue weighted by molar-refractivity contribution is -0.0244. The van der Waals surface area contributed by atoms with Gasteiger partial charge in [-0.1, -0.05) is 0 Å². The zero-order chi connectivity index (χ0) is 17.3. The van der Waals surface area contributed by atoms with E-state index >= 15 is 0 Å². The summed E-state index contributed by atoms with van der Waals surface area (Å²) in [6, 6.07) is 0. The number of carbonyl (C=O) groups excluding carboxylic acids is 1. The molecule has 0 aliphatic carbocycles. The quantitative estimate of drug-likeness (QED) is 0.843. The molecule has 24 heavy (non-hydrogen) atoms. The van der Waals surface area contributed by atoms with E-state index in [1.807, 2.05) is 37.7 Å². The van der Waals surface area contributed by atoms with Crippen LogP contribution in [0, 0.1) is 13.8 Å². The first-order valence-corrected chi connectivity index (χ1v) is 8.62. The number of thiazole rings is 1. The molecule has 1 fully saturated rings. The number of hydrogen-bond donors (Lipinski definition) is 0. The molecule has 0 N–H and O–H groups in total. The maximum atomic E-state index is 12.8. The summed E-state index contributed by atoms with van der Waals surface area (Å²) in [6.45, 7) is 5.32. The summed E-state index contributed by atoms with van der Waals surface area (Å²) >= 11 is 1.44. The standard InChI is InChI=1S/C16H21N5O2S/c1-10-14(24-11(2)19-10)16(22)21-7-8-23-12(9-21)13-15(20(3)4)18-6-5-17-13/h5-6,12H,7-9H2,1-4H3. The van der Waals surface area contributed by atoms with Crippen molar-refractivity contribution in [2.24, 2.45) is 0 Å². The number of rotatable bonds is 3. The molecule has 0 bridgehead atoms. The molecule has 1 saturated heterocycles. The predicted molar refractivity (Wildman–Crippen MR) is 92.5 cm³/mol. The Bertz CT molecular complexity index is 746. The van der Waals surface area contributed by atoms with Crippen LogP contribution in [0.15, 0.2) is 12.4 Å². The molecule has 1 atom stereocenters. The Morgan fingerprint density at radius 3 is 2.75 bits per heavy atom. The molecule has 0 radical (unpaired) electrons. The highest BCUT2D eigenvalue weighted by Crippen LogP contribution is 2.28. The highest BCUT2D eigenvalue weighted by molar-refractivity contribution is 7.13. The lowest BCUT2D eigenvalue weighted by Crippen LogP contribution is -2.42. The summed E-state index contributed by atoms with van der Waals surface area (Å²) in [4.78, 5) is 30.4. The SMILES string of the molecule is Cc1nc(C)c(C(=O)N2CCOC(c3nccnc3N(C)C)C2)s1. The Morgan fingerprint density at radius 1 is 1.33 bits per heavy atom. The fourth-order valence-electron chi connectivity index (χ4n) is 2.79. The molecule has 0 aromatic carbocycles. The molecule has 7 nitrogen and oxygen atoms in total. The van der Waals surface area contributed by atoms with Gasteiger partial charge in [0.25, 0.3) is 5.91 Å². The molecule has 3 heterocycles. The molecule has 128 valence electrons. The van der Waals surface area contributed by atoms with Crippen molar-refractivity contribution >= 4 is 23.1 Å². The van der Waals surface area contributed by atoms with Gasteiger partial charge in [-0.05, 0) is 13.8 Å². The molecule has 0 spiro atoms. The van der Waals surface area contributed by atoms with Gasteiger partial charge in [0.05, 0.1) is 23.9 Å². The first-order chi connectivity index (χ1) is 11.5. The second-order valence-electron chi connectivity index (χ2n) is 5.92. The van der Waals surface area contributed by atoms with Crippen LogP contribution in [0.25, 0.3) is 0 Å². The number of nitrogens with zero attached hydrogens (tertiary/aromatic N) is 5. The Balaban J connectivity index is 1.82. The van der Waals surface area contributed by atoms with E-state index in [9.17, 15) is 4.79 Å². The van der Waals surface area contributed by atoms with Crippen molar-refractivity contribution in [2.75, 3.05) is 38.7 Å². The van der Waals surface area contributed by atoms with E-state index in [1.54, 1.807) is 12.4 Å². The minimum Gasteiger partial charge on any atom is -0.368 e. The van der Waals surface area contributed by atoms with E-state index < -0.39 is 0 Å². The topological polar surface area (TPSA) is 71.5 Å². The van der Waals surface area contributed by atoms with Gasteiger partial charge in [0.15, 0.2) is 5.82 Å². The zero-order valence-corrected chi connectivity index (χ0v) is 15.1. The van der Waals surface area contributed by atoms with Gasteiger partial charge in [-0.2, -0.15) is 0 Å². The average Bonchev–Trinajstić information content (AvgIpc) is 2.92. The molecule has 1 amide bonds. The monoisotopic (exact) mass is 347 g/mol. The van der Waals surface area contributed by atoms with Gasteiger partial charge in [-0.3, -0.25) is 9.78 Å². The van der Waals surface area contributed by atoms with Crippen LogP contribution in [0.2, 0.25) is 0 Å². The molecule has 2 aromatic rings.